The van der Waals surface area contributed by atoms with Crippen LogP contribution in [-0.2, 0) is 9.59 Å². The molecule has 178 valence electrons. The zero-order valence-corrected chi connectivity index (χ0v) is 20.4. The molecule has 1 saturated carbocycles. The van der Waals surface area contributed by atoms with Crippen molar-refractivity contribution in [2.75, 3.05) is 0 Å². The van der Waals surface area contributed by atoms with Gasteiger partial charge in [-0.3, -0.25) is 9.78 Å². The molecule has 2 unspecified atom stereocenters. The first-order valence-electron chi connectivity index (χ1n) is 11.6. The molecular formula is C28H24Cl2N2O3. The van der Waals surface area contributed by atoms with Crippen LogP contribution in [0.3, 0.4) is 0 Å². The fraction of sp³-hybridized carbons (Fsp3) is 0.250. The lowest BCUT2D eigenvalue weighted by Crippen LogP contribution is -2.46. The highest BCUT2D eigenvalue weighted by molar-refractivity contribution is 6.30. The molecule has 3 aromatic rings. The monoisotopic (exact) mass is 506 g/mol. The van der Waals surface area contributed by atoms with E-state index in [0.717, 1.165) is 35.7 Å². The summed E-state index contributed by atoms with van der Waals surface area (Å²) in [4.78, 5) is 32.2. The number of nitrogens with zero attached hydrogens (tertiary/aromatic N) is 2. The minimum Gasteiger partial charge on any atom is -0.478 e. The van der Waals surface area contributed by atoms with E-state index in [1.165, 1.54) is 0 Å². The molecule has 2 fully saturated rings. The number of hydrogen-bond donors (Lipinski definition) is 1. The number of aliphatic carboxylic acids is 1. The van der Waals surface area contributed by atoms with Gasteiger partial charge in [-0.05, 0) is 72.7 Å². The second kappa shape index (κ2) is 9.84. The molecule has 1 aliphatic carbocycles. The normalized spacial score (nSPS) is 22.3. The number of piperidine rings is 1. The van der Waals surface area contributed by atoms with Gasteiger partial charge in [0.25, 0.3) is 5.91 Å². The predicted octanol–water partition coefficient (Wildman–Crippen LogP) is 6.61. The fourth-order valence-electron chi connectivity index (χ4n) is 5.16. The van der Waals surface area contributed by atoms with Crippen molar-refractivity contribution in [1.29, 1.82) is 0 Å². The Hall–Kier alpha value is -3.15. The molecule has 0 bridgehead atoms. The molecule has 7 heteroatoms. The molecule has 1 saturated heterocycles. The Labute approximate surface area is 214 Å². The largest absolute Gasteiger partial charge is 0.478 e. The van der Waals surface area contributed by atoms with Crippen LogP contribution in [0.5, 0.6) is 0 Å². The molecule has 3 atom stereocenters. The average Bonchev–Trinajstić information content (AvgIpc) is 3.68. The van der Waals surface area contributed by atoms with Crippen LogP contribution in [0.4, 0.5) is 0 Å². The molecule has 0 radical (unpaired) electrons. The van der Waals surface area contributed by atoms with Crippen LogP contribution < -0.4 is 0 Å². The number of rotatable bonds is 6. The van der Waals surface area contributed by atoms with Gasteiger partial charge in [0.05, 0.1) is 17.8 Å². The number of aromatic nitrogens is 1. The quantitative estimate of drug-likeness (QED) is 0.382. The van der Waals surface area contributed by atoms with Crippen molar-refractivity contribution in [3.8, 4) is 0 Å². The van der Waals surface area contributed by atoms with Gasteiger partial charge in [-0.2, -0.15) is 0 Å². The van der Waals surface area contributed by atoms with Crippen molar-refractivity contribution in [3.63, 3.8) is 0 Å². The number of likely N-dealkylation sites (tertiary alicyclic amines) is 1. The standard InChI is InChI=1S/C28H24Cl2N2O3/c29-21-11-9-17(10-12-21)26-23(19-4-3-5-22(30)14-19)15-20(16-25(33)34)28(35)32(26)27(18-7-8-18)24-6-1-2-13-31-24/h1-6,9-14,16,18,23,26-27H,7-8,15H2,(H,33,34)/b20-16+/t23-,26?,27?/m1/s1. The third-order valence-electron chi connectivity index (χ3n) is 6.77. The number of amides is 1. The predicted molar refractivity (Wildman–Crippen MR) is 135 cm³/mol. The van der Waals surface area contributed by atoms with E-state index < -0.39 is 5.97 Å². The van der Waals surface area contributed by atoms with Crippen molar-refractivity contribution >= 4 is 35.1 Å². The van der Waals surface area contributed by atoms with Crippen LogP contribution in [0, 0.1) is 5.92 Å². The lowest BCUT2D eigenvalue weighted by atomic mass is 9.76. The van der Waals surface area contributed by atoms with Crippen LogP contribution in [0.25, 0.3) is 0 Å². The lowest BCUT2D eigenvalue weighted by molar-refractivity contribution is -0.138. The van der Waals surface area contributed by atoms with Gasteiger partial charge >= 0.3 is 5.97 Å². The van der Waals surface area contributed by atoms with E-state index in [2.05, 4.69) is 4.98 Å². The Kier molecular flexibility index (Phi) is 6.63. The average molecular weight is 507 g/mol. The maximum absolute atomic E-state index is 14.0. The number of carboxylic acid groups (broad SMARTS) is 1. The molecule has 1 N–H and O–H groups in total. The van der Waals surface area contributed by atoms with Crippen LogP contribution in [0.15, 0.2) is 84.6 Å². The minimum atomic E-state index is -1.14. The minimum absolute atomic E-state index is 0.205. The van der Waals surface area contributed by atoms with Crippen LogP contribution >= 0.6 is 23.2 Å². The number of carbonyl (C=O) groups excluding carboxylic acids is 1. The first-order valence-corrected chi connectivity index (χ1v) is 12.4. The maximum atomic E-state index is 14.0. The Bertz CT molecular complexity index is 1270. The molecule has 5 nitrogen and oxygen atoms in total. The van der Waals surface area contributed by atoms with Crippen molar-refractivity contribution < 1.29 is 14.7 Å². The Morgan fingerprint density at radius 2 is 1.77 bits per heavy atom. The smallest absolute Gasteiger partial charge is 0.328 e. The number of hydrogen-bond acceptors (Lipinski definition) is 3. The van der Waals surface area contributed by atoms with Gasteiger partial charge < -0.3 is 10.0 Å². The highest BCUT2D eigenvalue weighted by Crippen LogP contribution is 2.53. The van der Waals surface area contributed by atoms with E-state index in [-0.39, 0.29) is 41.8 Å². The Morgan fingerprint density at radius 3 is 2.40 bits per heavy atom. The van der Waals surface area contributed by atoms with E-state index in [0.29, 0.717) is 10.0 Å². The second-order valence-corrected chi connectivity index (χ2v) is 9.99. The van der Waals surface area contributed by atoms with Crippen molar-refractivity contribution in [1.82, 2.24) is 9.88 Å². The summed E-state index contributed by atoms with van der Waals surface area (Å²) in [6, 6.07) is 20.2. The summed E-state index contributed by atoms with van der Waals surface area (Å²) in [5, 5.41) is 10.8. The summed E-state index contributed by atoms with van der Waals surface area (Å²) in [6.45, 7) is 0. The van der Waals surface area contributed by atoms with Crippen molar-refractivity contribution in [2.45, 2.75) is 37.3 Å². The zero-order valence-electron chi connectivity index (χ0n) is 18.9. The van der Waals surface area contributed by atoms with Crippen LogP contribution in [0.1, 0.15) is 54.1 Å². The Balaban J connectivity index is 1.72. The molecule has 0 spiro atoms. The third kappa shape index (κ3) is 4.97. The number of pyridine rings is 1. The third-order valence-corrected chi connectivity index (χ3v) is 7.26. The number of benzene rings is 2. The van der Waals surface area contributed by atoms with Gasteiger partial charge in [0.1, 0.15) is 0 Å². The van der Waals surface area contributed by atoms with Crippen molar-refractivity contribution in [2.24, 2.45) is 5.92 Å². The molecule has 2 heterocycles. The summed E-state index contributed by atoms with van der Waals surface area (Å²) in [5.41, 5.74) is 2.96. The second-order valence-electron chi connectivity index (χ2n) is 9.12. The summed E-state index contributed by atoms with van der Waals surface area (Å²) < 4.78 is 0. The lowest BCUT2D eigenvalue weighted by Gasteiger charge is -2.46. The topological polar surface area (TPSA) is 70.5 Å². The SMILES string of the molecule is O=C(O)/C=C1\C[C@H](c2cccc(Cl)c2)C(c2ccc(Cl)cc2)N(C(c2ccccn2)C2CC2)C1=O. The van der Waals surface area contributed by atoms with Crippen LogP contribution in [0.2, 0.25) is 10.0 Å². The van der Waals surface area contributed by atoms with Gasteiger partial charge in [-0.15, -0.1) is 0 Å². The summed E-state index contributed by atoms with van der Waals surface area (Å²) in [5.74, 6) is -1.35. The fourth-order valence-corrected chi connectivity index (χ4v) is 5.48. The highest BCUT2D eigenvalue weighted by atomic mass is 35.5. The highest BCUT2D eigenvalue weighted by Gasteiger charge is 2.48. The molecule has 5 rings (SSSR count). The number of carboxylic acids is 1. The molecule has 35 heavy (non-hydrogen) atoms. The molecule has 1 aliphatic heterocycles. The summed E-state index contributed by atoms with van der Waals surface area (Å²) in [6.07, 6.45) is 5.04. The molecule has 1 aromatic heterocycles. The first-order chi connectivity index (χ1) is 16.9. The maximum Gasteiger partial charge on any atom is 0.328 e. The van der Waals surface area contributed by atoms with Gasteiger partial charge in [0.15, 0.2) is 0 Å². The molecule has 2 aromatic carbocycles. The Morgan fingerprint density at radius 1 is 1.00 bits per heavy atom. The van der Waals surface area contributed by atoms with Gasteiger partial charge in [0.2, 0.25) is 0 Å². The van der Waals surface area contributed by atoms with E-state index in [4.69, 9.17) is 23.2 Å². The summed E-state index contributed by atoms with van der Waals surface area (Å²) in [7, 11) is 0. The van der Waals surface area contributed by atoms with Gasteiger partial charge in [-0.1, -0.05) is 53.5 Å². The molecule has 2 aliphatic rings. The van der Waals surface area contributed by atoms with Gasteiger partial charge in [-0.25, -0.2) is 4.79 Å². The van der Waals surface area contributed by atoms with Crippen molar-refractivity contribution in [3.05, 3.63) is 111 Å². The molecule has 1 amide bonds. The van der Waals surface area contributed by atoms with Gasteiger partial charge in [0, 0.05) is 33.8 Å². The van der Waals surface area contributed by atoms with E-state index >= 15 is 0 Å². The molecular weight excluding hydrogens is 483 g/mol. The number of halogens is 2. The van der Waals surface area contributed by atoms with E-state index in [9.17, 15) is 14.7 Å². The zero-order chi connectivity index (χ0) is 24.5. The van der Waals surface area contributed by atoms with E-state index in [1.54, 1.807) is 6.20 Å². The van der Waals surface area contributed by atoms with Crippen LogP contribution in [-0.4, -0.2) is 26.9 Å². The number of carbonyl (C=O) groups is 2. The van der Waals surface area contributed by atoms with E-state index in [1.807, 2.05) is 71.6 Å². The first kappa shape index (κ1) is 23.6. The summed E-state index contributed by atoms with van der Waals surface area (Å²) >= 11 is 12.6.